The maximum Gasteiger partial charge on any atom is 0.279 e. The molecule has 0 atom stereocenters. The van der Waals surface area contributed by atoms with Gasteiger partial charge in [-0.1, -0.05) is 24.2 Å². The normalized spacial score (nSPS) is 9.80. The molecule has 0 aliphatic carbocycles. The molecular formula is C11H11ClFNO. The second-order valence-electron chi connectivity index (χ2n) is 3.22. The molecule has 0 aliphatic heterocycles. The molecule has 0 aromatic heterocycles. The molecule has 1 N–H and O–H groups in total. The topological polar surface area (TPSA) is 29.1 Å². The first-order valence-corrected chi connectivity index (χ1v) is 4.75. The molecule has 0 unspecified atom stereocenters. The number of carbonyl (C=O) groups is 1. The highest BCUT2D eigenvalue weighted by molar-refractivity contribution is 6.30. The summed E-state index contributed by atoms with van der Waals surface area (Å²) in [6, 6.07) is 5.39. The van der Waals surface area contributed by atoms with Gasteiger partial charge in [0.2, 0.25) is 0 Å². The Bertz CT molecular complexity index is 383. The summed E-state index contributed by atoms with van der Waals surface area (Å²) < 4.78 is 12.3. The number of hydrogen-bond donors (Lipinski definition) is 1. The maximum absolute atomic E-state index is 12.3. The lowest BCUT2D eigenvalue weighted by molar-refractivity contribution is -0.119. The van der Waals surface area contributed by atoms with Crippen LogP contribution in [0.2, 0.25) is 5.02 Å². The molecule has 0 saturated heterocycles. The lowest BCUT2D eigenvalue weighted by Gasteiger charge is -2.05. The van der Waals surface area contributed by atoms with Crippen LogP contribution in [0.15, 0.2) is 30.6 Å². The van der Waals surface area contributed by atoms with Crippen LogP contribution in [0.1, 0.15) is 11.1 Å². The molecule has 1 aromatic carbocycles. The van der Waals surface area contributed by atoms with Crippen molar-refractivity contribution in [2.24, 2.45) is 0 Å². The Morgan fingerprint density at radius 3 is 2.73 bits per heavy atom. The molecule has 80 valence electrons. The van der Waals surface area contributed by atoms with Gasteiger partial charge < -0.3 is 5.32 Å². The minimum Gasteiger partial charge on any atom is -0.346 e. The number of aryl methyl sites for hydroxylation is 1. The lowest BCUT2D eigenvalue weighted by atomic mass is 10.1. The Kier molecular flexibility index (Phi) is 3.86. The van der Waals surface area contributed by atoms with E-state index in [9.17, 15) is 9.18 Å². The van der Waals surface area contributed by atoms with Gasteiger partial charge in [-0.25, -0.2) is 4.39 Å². The number of benzene rings is 1. The number of nitrogens with one attached hydrogen (secondary N) is 1. The summed E-state index contributed by atoms with van der Waals surface area (Å²) in [4.78, 5) is 10.9. The zero-order valence-corrected chi connectivity index (χ0v) is 9.07. The third-order valence-corrected chi connectivity index (χ3v) is 2.02. The quantitative estimate of drug-likeness (QED) is 0.791. The average molecular weight is 228 g/mol. The van der Waals surface area contributed by atoms with Crippen LogP contribution in [0.4, 0.5) is 4.39 Å². The molecule has 15 heavy (non-hydrogen) atoms. The molecule has 1 rings (SSSR count). The molecule has 1 aromatic rings. The van der Waals surface area contributed by atoms with Crippen molar-refractivity contribution in [1.29, 1.82) is 0 Å². The lowest BCUT2D eigenvalue weighted by Crippen LogP contribution is -2.22. The number of hydrogen-bond acceptors (Lipinski definition) is 1. The highest BCUT2D eigenvalue weighted by Crippen LogP contribution is 2.14. The third-order valence-electron chi connectivity index (χ3n) is 1.80. The third kappa shape index (κ3) is 3.72. The summed E-state index contributed by atoms with van der Waals surface area (Å²) >= 11 is 5.82. The van der Waals surface area contributed by atoms with Crippen molar-refractivity contribution in [3.63, 3.8) is 0 Å². The summed E-state index contributed by atoms with van der Waals surface area (Å²) in [5.74, 6) is -1.79. The Balaban J connectivity index is 2.65. The molecule has 0 spiro atoms. The van der Waals surface area contributed by atoms with Gasteiger partial charge in [0.05, 0.1) is 0 Å². The molecule has 0 heterocycles. The monoisotopic (exact) mass is 227 g/mol. The van der Waals surface area contributed by atoms with E-state index in [0.717, 1.165) is 11.1 Å². The summed E-state index contributed by atoms with van der Waals surface area (Å²) in [5, 5.41) is 2.98. The second kappa shape index (κ2) is 4.94. The first kappa shape index (κ1) is 11.7. The summed E-state index contributed by atoms with van der Waals surface area (Å²) in [6.45, 7) is 5.03. The first-order chi connectivity index (χ1) is 6.99. The standard InChI is InChI=1S/C11H11ClFNO/c1-7-3-9(5-10(12)4-7)6-14-11(15)8(2)13/h3-5H,2,6H2,1H3,(H,14,15). The molecule has 1 amide bonds. The fourth-order valence-electron chi connectivity index (χ4n) is 1.19. The molecule has 0 radical (unpaired) electrons. The number of amides is 1. The minimum atomic E-state index is -0.992. The number of carbonyl (C=O) groups excluding carboxylic acids is 1. The van der Waals surface area contributed by atoms with E-state index in [2.05, 4.69) is 11.9 Å². The van der Waals surface area contributed by atoms with E-state index in [1.165, 1.54) is 0 Å². The maximum atomic E-state index is 12.3. The zero-order valence-electron chi connectivity index (χ0n) is 8.31. The smallest absolute Gasteiger partial charge is 0.279 e. The largest absolute Gasteiger partial charge is 0.346 e. The van der Waals surface area contributed by atoms with Crippen LogP contribution in [0.3, 0.4) is 0 Å². The predicted octanol–water partition coefficient (Wildman–Crippen LogP) is 2.75. The Morgan fingerprint density at radius 2 is 2.20 bits per heavy atom. The molecule has 2 nitrogen and oxygen atoms in total. The fraction of sp³-hybridized carbons (Fsp3) is 0.182. The van der Waals surface area contributed by atoms with Gasteiger partial charge in [-0.05, 0) is 30.2 Å². The van der Waals surface area contributed by atoms with Crippen LogP contribution in [0, 0.1) is 6.92 Å². The molecule has 0 bridgehead atoms. The summed E-state index contributed by atoms with van der Waals surface area (Å²) in [6.07, 6.45) is 0. The van der Waals surface area contributed by atoms with Gasteiger partial charge in [0.15, 0.2) is 5.83 Å². The van der Waals surface area contributed by atoms with E-state index in [1.54, 1.807) is 12.1 Å². The van der Waals surface area contributed by atoms with E-state index in [1.807, 2.05) is 13.0 Å². The van der Waals surface area contributed by atoms with Crippen LogP contribution in [-0.4, -0.2) is 5.91 Å². The van der Waals surface area contributed by atoms with E-state index in [-0.39, 0.29) is 6.54 Å². The minimum absolute atomic E-state index is 0.239. The van der Waals surface area contributed by atoms with Gasteiger partial charge in [-0.2, -0.15) is 0 Å². The highest BCUT2D eigenvalue weighted by atomic mass is 35.5. The van der Waals surface area contributed by atoms with Gasteiger partial charge in [0.1, 0.15) is 0 Å². The van der Waals surface area contributed by atoms with Crippen molar-refractivity contribution in [3.8, 4) is 0 Å². The highest BCUT2D eigenvalue weighted by Gasteiger charge is 2.05. The van der Waals surface area contributed by atoms with E-state index >= 15 is 0 Å². The van der Waals surface area contributed by atoms with Crippen molar-refractivity contribution in [2.75, 3.05) is 0 Å². The van der Waals surface area contributed by atoms with Crippen LogP contribution < -0.4 is 5.32 Å². The van der Waals surface area contributed by atoms with Gasteiger partial charge in [0.25, 0.3) is 5.91 Å². The van der Waals surface area contributed by atoms with Crippen molar-refractivity contribution in [3.05, 3.63) is 46.8 Å². The van der Waals surface area contributed by atoms with Gasteiger partial charge in [-0.15, -0.1) is 0 Å². The van der Waals surface area contributed by atoms with Crippen molar-refractivity contribution in [1.82, 2.24) is 5.32 Å². The Hall–Kier alpha value is -1.35. The van der Waals surface area contributed by atoms with Crippen LogP contribution in [-0.2, 0) is 11.3 Å². The molecular weight excluding hydrogens is 217 g/mol. The number of rotatable bonds is 3. The number of halogens is 2. The van der Waals surface area contributed by atoms with Gasteiger partial charge in [0, 0.05) is 11.6 Å². The Morgan fingerprint density at radius 1 is 1.53 bits per heavy atom. The summed E-state index contributed by atoms with van der Waals surface area (Å²) in [7, 11) is 0. The fourth-order valence-corrected chi connectivity index (χ4v) is 1.50. The summed E-state index contributed by atoms with van der Waals surface area (Å²) in [5.41, 5.74) is 1.82. The molecule has 4 heteroatoms. The van der Waals surface area contributed by atoms with E-state index < -0.39 is 11.7 Å². The zero-order chi connectivity index (χ0) is 11.4. The van der Waals surface area contributed by atoms with Crippen LogP contribution in [0.5, 0.6) is 0 Å². The van der Waals surface area contributed by atoms with Crippen molar-refractivity contribution < 1.29 is 9.18 Å². The second-order valence-corrected chi connectivity index (χ2v) is 3.66. The molecule has 0 aliphatic rings. The van der Waals surface area contributed by atoms with Gasteiger partial charge >= 0.3 is 0 Å². The van der Waals surface area contributed by atoms with Crippen molar-refractivity contribution >= 4 is 17.5 Å². The van der Waals surface area contributed by atoms with Crippen molar-refractivity contribution in [2.45, 2.75) is 13.5 Å². The average Bonchev–Trinajstić information content (AvgIpc) is 2.12. The van der Waals surface area contributed by atoms with Crippen LogP contribution in [0.25, 0.3) is 0 Å². The van der Waals surface area contributed by atoms with E-state index in [0.29, 0.717) is 5.02 Å². The van der Waals surface area contributed by atoms with Gasteiger partial charge in [-0.3, -0.25) is 4.79 Å². The molecule has 0 saturated carbocycles. The Labute approximate surface area is 92.7 Å². The van der Waals surface area contributed by atoms with Crippen LogP contribution >= 0.6 is 11.6 Å². The molecule has 0 fully saturated rings. The SMILES string of the molecule is C=C(F)C(=O)NCc1cc(C)cc(Cl)c1. The first-order valence-electron chi connectivity index (χ1n) is 4.37. The van der Waals surface area contributed by atoms with E-state index in [4.69, 9.17) is 11.6 Å². The predicted molar refractivity (Wildman–Crippen MR) is 58.3 cm³/mol.